The first kappa shape index (κ1) is 15.4. The van der Waals surface area contributed by atoms with E-state index in [0.29, 0.717) is 6.42 Å². The number of hydrogen-bond donors (Lipinski definition) is 3. The third-order valence-electron chi connectivity index (χ3n) is 3.34. The quantitative estimate of drug-likeness (QED) is 0.571. The molecule has 0 aliphatic carbocycles. The van der Waals surface area contributed by atoms with Gasteiger partial charge >= 0.3 is 11.9 Å². The van der Waals surface area contributed by atoms with Gasteiger partial charge in [-0.2, -0.15) is 0 Å². The van der Waals surface area contributed by atoms with Crippen molar-refractivity contribution in [2.45, 2.75) is 44.2 Å². The van der Waals surface area contributed by atoms with Crippen LogP contribution in [0.3, 0.4) is 0 Å². The highest BCUT2D eigenvalue weighted by Gasteiger charge is 2.37. The van der Waals surface area contributed by atoms with Gasteiger partial charge in [0.1, 0.15) is 6.04 Å². The lowest BCUT2D eigenvalue weighted by Gasteiger charge is -2.25. The Morgan fingerprint density at radius 3 is 2.63 bits per heavy atom. The van der Waals surface area contributed by atoms with Crippen LogP contribution in [0.25, 0.3) is 0 Å². The number of nitrogens with one attached hydrogen (secondary N) is 2. The van der Waals surface area contributed by atoms with Crippen LogP contribution in [0.2, 0.25) is 0 Å². The molecule has 0 aromatic carbocycles. The van der Waals surface area contributed by atoms with E-state index < -0.39 is 23.5 Å². The van der Waals surface area contributed by atoms with Crippen LogP contribution in [0.4, 0.5) is 0 Å². The topological polar surface area (TPSA) is 105 Å². The molecule has 1 unspecified atom stereocenters. The SMILES string of the molecule is COC(=O)CC[C@@H](NC(=O)C1(C)CCCN1)C(=O)O. The Bertz CT molecular complexity index is 363. The Labute approximate surface area is 111 Å². The second kappa shape index (κ2) is 6.51. The Hall–Kier alpha value is -1.63. The second-order valence-corrected chi connectivity index (χ2v) is 4.84. The summed E-state index contributed by atoms with van der Waals surface area (Å²) in [5, 5.41) is 14.6. The fourth-order valence-corrected chi connectivity index (χ4v) is 2.03. The van der Waals surface area contributed by atoms with Gasteiger partial charge < -0.3 is 20.5 Å². The highest BCUT2D eigenvalue weighted by Crippen LogP contribution is 2.19. The first-order valence-electron chi connectivity index (χ1n) is 6.24. The van der Waals surface area contributed by atoms with Crippen LogP contribution in [0.1, 0.15) is 32.6 Å². The Morgan fingerprint density at radius 2 is 2.16 bits per heavy atom. The first-order valence-corrected chi connectivity index (χ1v) is 6.24. The van der Waals surface area contributed by atoms with E-state index in [1.54, 1.807) is 6.92 Å². The van der Waals surface area contributed by atoms with E-state index in [1.807, 2.05) is 0 Å². The fourth-order valence-electron chi connectivity index (χ4n) is 2.03. The number of amides is 1. The summed E-state index contributed by atoms with van der Waals surface area (Å²) >= 11 is 0. The van der Waals surface area contributed by atoms with Gasteiger partial charge in [0.25, 0.3) is 0 Å². The van der Waals surface area contributed by atoms with E-state index in [4.69, 9.17) is 5.11 Å². The third kappa shape index (κ3) is 4.20. The van der Waals surface area contributed by atoms with Crippen molar-refractivity contribution in [3.05, 3.63) is 0 Å². The Morgan fingerprint density at radius 1 is 1.47 bits per heavy atom. The molecule has 1 aliphatic heterocycles. The zero-order valence-electron chi connectivity index (χ0n) is 11.2. The van der Waals surface area contributed by atoms with Crippen LogP contribution < -0.4 is 10.6 Å². The van der Waals surface area contributed by atoms with Crippen LogP contribution in [0.15, 0.2) is 0 Å². The van der Waals surface area contributed by atoms with Crippen LogP contribution in [0, 0.1) is 0 Å². The molecule has 1 fully saturated rings. The molecule has 1 heterocycles. The minimum atomic E-state index is -1.15. The van der Waals surface area contributed by atoms with E-state index >= 15 is 0 Å². The minimum absolute atomic E-state index is 0.0177. The maximum Gasteiger partial charge on any atom is 0.326 e. The van der Waals surface area contributed by atoms with Gasteiger partial charge in [0.15, 0.2) is 0 Å². The number of rotatable bonds is 6. The molecule has 0 aromatic rings. The molecule has 1 saturated heterocycles. The summed E-state index contributed by atoms with van der Waals surface area (Å²) in [7, 11) is 1.24. The molecule has 0 saturated carbocycles. The number of carbonyl (C=O) groups excluding carboxylic acids is 2. The predicted octanol–water partition coefficient (Wildman–Crippen LogP) is -0.349. The van der Waals surface area contributed by atoms with E-state index in [9.17, 15) is 14.4 Å². The standard InChI is InChI=1S/C12H20N2O5/c1-12(6-3-7-13-12)11(18)14-8(10(16)17)4-5-9(15)19-2/h8,13H,3-7H2,1-2H3,(H,14,18)(H,16,17)/t8-,12?/m1/s1. The average molecular weight is 272 g/mol. The van der Waals surface area contributed by atoms with E-state index in [2.05, 4.69) is 15.4 Å². The molecule has 19 heavy (non-hydrogen) atoms. The van der Waals surface area contributed by atoms with Gasteiger partial charge in [0, 0.05) is 6.42 Å². The summed E-state index contributed by atoms with van der Waals surface area (Å²) in [6, 6.07) is -1.08. The summed E-state index contributed by atoms with van der Waals surface area (Å²) in [4.78, 5) is 34.1. The smallest absolute Gasteiger partial charge is 0.326 e. The van der Waals surface area contributed by atoms with Gasteiger partial charge in [-0.3, -0.25) is 9.59 Å². The molecule has 1 amide bonds. The molecule has 0 radical (unpaired) electrons. The number of aliphatic carboxylic acids is 1. The van der Waals surface area contributed by atoms with Crippen LogP contribution in [-0.4, -0.2) is 48.2 Å². The van der Waals surface area contributed by atoms with Gasteiger partial charge in [0.2, 0.25) is 5.91 Å². The maximum atomic E-state index is 12.0. The zero-order chi connectivity index (χ0) is 14.5. The molecule has 2 atom stereocenters. The lowest BCUT2D eigenvalue weighted by atomic mass is 9.98. The number of carboxylic acid groups (broad SMARTS) is 1. The van der Waals surface area contributed by atoms with E-state index in [-0.39, 0.29) is 18.7 Å². The summed E-state index contributed by atoms with van der Waals surface area (Å²) in [6.07, 6.45) is 1.52. The van der Waals surface area contributed by atoms with Crippen LogP contribution >= 0.6 is 0 Å². The van der Waals surface area contributed by atoms with Crippen molar-refractivity contribution in [3.63, 3.8) is 0 Å². The number of esters is 1. The summed E-state index contributed by atoms with van der Waals surface area (Å²) in [6.45, 7) is 2.48. The van der Waals surface area contributed by atoms with Gasteiger partial charge in [-0.1, -0.05) is 0 Å². The molecule has 1 rings (SSSR count). The van der Waals surface area contributed by atoms with Crippen molar-refractivity contribution in [2.75, 3.05) is 13.7 Å². The van der Waals surface area contributed by atoms with Gasteiger partial charge in [-0.05, 0) is 32.7 Å². The van der Waals surface area contributed by atoms with E-state index in [0.717, 1.165) is 13.0 Å². The van der Waals surface area contributed by atoms with E-state index in [1.165, 1.54) is 7.11 Å². The van der Waals surface area contributed by atoms with Crippen molar-refractivity contribution in [1.29, 1.82) is 0 Å². The molecule has 0 aromatic heterocycles. The number of methoxy groups -OCH3 is 1. The van der Waals surface area contributed by atoms with Crippen molar-refractivity contribution in [3.8, 4) is 0 Å². The maximum absolute atomic E-state index is 12.0. The number of hydrogen-bond acceptors (Lipinski definition) is 5. The molecule has 108 valence electrons. The molecule has 0 spiro atoms. The minimum Gasteiger partial charge on any atom is -0.480 e. The number of ether oxygens (including phenoxy) is 1. The van der Waals surface area contributed by atoms with Gasteiger partial charge in [-0.15, -0.1) is 0 Å². The first-order chi connectivity index (χ1) is 8.89. The molecule has 7 nitrogen and oxygen atoms in total. The second-order valence-electron chi connectivity index (χ2n) is 4.84. The number of carboxylic acids is 1. The lowest BCUT2D eigenvalue weighted by molar-refractivity contribution is -0.144. The number of carbonyl (C=O) groups is 3. The van der Waals surface area contributed by atoms with Crippen molar-refractivity contribution in [2.24, 2.45) is 0 Å². The molecular weight excluding hydrogens is 252 g/mol. The summed E-state index contributed by atoms with van der Waals surface area (Å²) in [5.74, 6) is -1.99. The van der Waals surface area contributed by atoms with Gasteiger partial charge in [0.05, 0.1) is 12.6 Å². The molecule has 7 heteroatoms. The van der Waals surface area contributed by atoms with Crippen molar-refractivity contribution >= 4 is 17.8 Å². The highest BCUT2D eigenvalue weighted by atomic mass is 16.5. The fraction of sp³-hybridized carbons (Fsp3) is 0.750. The van der Waals surface area contributed by atoms with Crippen molar-refractivity contribution in [1.82, 2.24) is 10.6 Å². The zero-order valence-corrected chi connectivity index (χ0v) is 11.2. The highest BCUT2D eigenvalue weighted by molar-refractivity contribution is 5.90. The van der Waals surface area contributed by atoms with Crippen LogP contribution in [-0.2, 0) is 19.1 Å². The molecule has 1 aliphatic rings. The largest absolute Gasteiger partial charge is 0.480 e. The van der Waals surface area contributed by atoms with Gasteiger partial charge in [-0.25, -0.2) is 4.79 Å². The summed E-state index contributed by atoms with van der Waals surface area (Å²) in [5.41, 5.74) is -0.723. The third-order valence-corrected chi connectivity index (χ3v) is 3.34. The molecule has 3 N–H and O–H groups in total. The molecular formula is C12H20N2O5. The Balaban J connectivity index is 2.55. The predicted molar refractivity (Wildman–Crippen MR) is 66.5 cm³/mol. The monoisotopic (exact) mass is 272 g/mol. The average Bonchev–Trinajstić information content (AvgIpc) is 2.81. The summed E-state index contributed by atoms with van der Waals surface area (Å²) < 4.78 is 4.45. The normalized spacial score (nSPS) is 23.7. The lowest BCUT2D eigenvalue weighted by Crippen LogP contribution is -2.55. The Kier molecular flexibility index (Phi) is 5.29. The van der Waals surface area contributed by atoms with Crippen LogP contribution in [0.5, 0.6) is 0 Å². The molecule has 0 bridgehead atoms. The van der Waals surface area contributed by atoms with Crippen molar-refractivity contribution < 1.29 is 24.2 Å².